The standard InChI is InChI=1S/C18H19N3O2S/c1-11-10-21-17(12-6-7-14(22)15(9-12)23-2)16(20-18(21)24-11)13-5-3-4-8-19-13/h3-9,11,16-17,22H,10H2,1-2H3/t11-,16+,17-/m1/s1. The summed E-state index contributed by atoms with van der Waals surface area (Å²) in [5.74, 6) is 0.638. The van der Waals surface area contributed by atoms with Gasteiger partial charge in [-0.2, -0.15) is 0 Å². The van der Waals surface area contributed by atoms with E-state index in [1.54, 1.807) is 13.2 Å². The molecule has 0 amide bonds. The lowest BCUT2D eigenvalue weighted by molar-refractivity contribution is 0.318. The van der Waals surface area contributed by atoms with Crippen LogP contribution >= 0.6 is 11.8 Å². The quantitative estimate of drug-likeness (QED) is 0.927. The van der Waals surface area contributed by atoms with Crippen molar-refractivity contribution in [1.82, 2.24) is 9.88 Å². The van der Waals surface area contributed by atoms with Crippen LogP contribution in [0.3, 0.4) is 0 Å². The number of aromatic hydroxyl groups is 1. The molecule has 24 heavy (non-hydrogen) atoms. The van der Waals surface area contributed by atoms with Gasteiger partial charge in [-0.3, -0.25) is 9.98 Å². The van der Waals surface area contributed by atoms with Gasteiger partial charge in [-0.25, -0.2) is 0 Å². The molecule has 1 saturated heterocycles. The maximum absolute atomic E-state index is 9.91. The Bertz CT molecular complexity index is 781. The number of benzene rings is 1. The number of fused-ring (bicyclic) bond motifs is 1. The summed E-state index contributed by atoms with van der Waals surface area (Å²) in [5, 5.41) is 11.5. The molecule has 1 aromatic heterocycles. The van der Waals surface area contributed by atoms with Crippen molar-refractivity contribution >= 4 is 16.9 Å². The molecule has 3 heterocycles. The number of ether oxygens (including phenoxy) is 1. The Kier molecular flexibility index (Phi) is 3.84. The second kappa shape index (κ2) is 6.02. The van der Waals surface area contributed by atoms with Crippen LogP contribution in [0, 0.1) is 0 Å². The predicted octanol–water partition coefficient (Wildman–Crippen LogP) is 3.39. The van der Waals surface area contributed by atoms with Gasteiger partial charge < -0.3 is 14.7 Å². The minimum atomic E-state index is -0.0459. The zero-order valence-corrected chi connectivity index (χ0v) is 14.4. The van der Waals surface area contributed by atoms with E-state index in [9.17, 15) is 5.11 Å². The molecular formula is C18H19N3O2S. The van der Waals surface area contributed by atoms with Crippen molar-refractivity contribution < 1.29 is 9.84 Å². The van der Waals surface area contributed by atoms with Gasteiger partial charge in [0, 0.05) is 18.0 Å². The lowest BCUT2D eigenvalue weighted by Gasteiger charge is -2.27. The normalized spacial score (nSPS) is 25.5. The second-order valence-corrected chi connectivity index (χ2v) is 7.47. The first kappa shape index (κ1) is 15.3. The third-order valence-electron chi connectivity index (χ3n) is 4.43. The van der Waals surface area contributed by atoms with Gasteiger partial charge in [0.05, 0.1) is 18.8 Å². The summed E-state index contributed by atoms with van der Waals surface area (Å²) >= 11 is 1.81. The van der Waals surface area contributed by atoms with E-state index in [1.165, 1.54) is 0 Å². The van der Waals surface area contributed by atoms with Gasteiger partial charge in [-0.05, 0) is 29.8 Å². The van der Waals surface area contributed by atoms with Crippen molar-refractivity contribution in [2.75, 3.05) is 13.7 Å². The fourth-order valence-corrected chi connectivity index (χ4v) is 4.45. The molecule has 0 saturated carbocycles. The summed E-state index contributed by atoms with van der Waals surface area (Å²) in [6, 6.07) is 11.5. The minimum absolute atomic E-state index is 0.0459. The molecule has 1 aromatic carbocycles. The monoisotopic (exact) mass is 341 g/mol. The highest BCUT2D eigenvalue weighted by molar-refractivity contribution is 8.14. The summed E-state index contributed by atoms with van der Waals surface area (Å²) in [5.41, 5.74) is 2.04. The Morgan fingerprint density at radius 1 is 1.29 bits per heavy atom. The van der Waals surface area contributed by atoms with Crippen molar-refractivity contribution in [3.8, 4) is 11.5 Å². The summed E-state index contributed by atoms with van der Waals surface area (Å²) in [6.07, 6.45) is 1.81. The number of methoxy groups -OCH3 is 1. The van der Waals surface area contributed by atoms with E-state index in [2.05, 4.69) is 16.8 Å². The molecule has 2 aliphatic heterocycles. The smallest absolute Gasteiger partial charge is 0.160 e. The Morgan fingerprint density at radius 2 is 2.17 bits per heavy atom. The number of pyridine rings is 1. The molecule has 5 nitrogen and oxygen atoms in total. The number of aliphatic imine (C=N–C) groups is 1. The minimum Gasteiger partial charge on any atom is -0.504 e. The molecule has 1 N–H and O–H groups in total. The van der Waals surface area contributed by atoms with Crippen molar-refractivity contribution in [2.24, 2.45) is 4.99 Å². The average Bonchev–Trinajstić information content (AvgIpc) is 3.12. The summed E-state index contributed by atoms with van der Waals surface area (Å²) in [6.45, 7) is 3.18. The number of phenolic OH excluding ortho intramolecular Hbond substituents is 1. The highest BCUT2D eigenvalue weighted by atomic mass is 32.2. The number of aromatic nitrogens is 1. The molecule has 2 aromatic rings. The third-order valence-corrected chi connectivity index (χ3v) is 5.53. The summed E-state index contributed by atoms with van der Waals surface area (Å²) in [7, 11) is 1.57. The highest BCUT2D eigenvalue weighted by Crippen LogP contribution is 2.48. The topological polar surface area (TPSA) is 58.0 Å². The van der Waals surface area contributed by atoms with E-state index < -0.39 is 0 Å². The predicted molar refractivity (Wildman–Crippen MR) is 95.6 cm³/mol. The summed E-state index contributed by atoms with van der Waals surface area (Å²) in [4.78, 5) is 11.8. The third kappa shape index (κ3) is 2.51. The Balaban J connectivity index is 1.78. The van der Waals surface area contributed by atoms with E-state index in [0.717, 1.165) is 23.0 Å². The molecule has 0 bridgehead atoms. The molecule has 3 atom stereocenters. The first-order valence-corrected chi connectivity index (χ1v) is 8.84. The Labute approximate surface area is 145 Å². The lowest BCUT2D eigenvalue weighted by Crippen LogP contribution is -2.28. The van der Waals surface area contributed by atoms with Gasteiger partial charge in [0.2, 0.25) is 0 Å². The van der Waals surface area contributed by atoms with Crippen molar-refractivity contribution in [2.45, 2.75) is 24.3 Å². The number of hydrogen-bond donors (Lipinski definition) is 1. The number of amidine groups is 1. The second-order valence-electron chi connectivity index (χ2n) is 6.07. The lowest BCUT2D eigenvalue weighted by atomic mass is 9.96. The van der Waals surface area contributed by atoms with Crippen LogP contribution in [0.4, 0.5) is 0 Å². The largest absolute Gasteiger partial charge is 0.504 e. The van der Waals surface area contributed by atoms with Gasteiger partial charge in [0.1, 0.15) is 6.04 Å². The van der Waals surface area contributed by atoms with Crippen molar-refractivity contribution in [1.29, 1.82) is 0 Å². The zero-order chi connectivity index (χ0) is 16.7. The van der Waals surface area contributed by atoms with Crippen LogP contribution in [0.25, 0.3) is 0 Å². The van der Waals surface area contributed by atoms with Gasteiger partial charge >= 0.3 is 0 Å². The van der Waals surface area contributed by atoms with Crippen molar-refractivity contribution in [3.63, 3.8) is 0 Å². The molecular weight excluding hydrogens is 322 g/mol. The molecule has 0 aliphatic carbocycles. The molecule has 0 unspecified atom stereocenters. The van der Waals surface area contributed by atoms with Crippen LogP contribution in [0.1, 0.15) is 30.3 Å². The molecule has 0 radical (unpaired) electrons. The number of hydrogen-bond acceptors (Lipinski definition) is 6. The van der Waals surface area contributed by atoms with E-state index in [1.807, 2.05) is 48.3 Å². The number of rotatable bonds is 3. The Hall–Kier alpha value is -2.21. The number of phenols is 1. The molecule has 2 aliphatic rings. The van der Waals surface area contributed by atoms with Crippen molar-refractivity contribution in [3.05, 3.63) is 53.9 Å². The molecule has 6 heteroatoms. The molecule has 124 valence electrons. The van der Waals surface area contributed by atoms with E-state index in [-0.39, 0.29) is 17.8 Å². The fraction of sp³-hybridized carbons (Fsp3) is 0.333. The van der Waals surface area contributed by atoms with Gasteiger partial charge in [0.25, 0.3) is 0 Å². The van der Waals surface area contributed by atoms with Crippen LogP contribution < -0.4 is 4.74 Å². The number of thioether (sulfide) groups is 1. The Morgan fingerprint density at radius 3 is 2.92 bits per heavy atom. The zero-order valence-electron chi connectivity index (χ0n) is 13.6. The van der Waals surface area contributed by atoms with Gasteiger partial charge in [-0.1, -0.05) is 30.8 Å². The van der Waals surface area contributed by atoms with E-state index >= 15 is 0 Å². The maximum atomic E-state index is 9.91. The number of nitrogens with zero attached hydrogens (tertiary/aromatic N) is 3. The molecule has 4 rings (SSSR count). The van der Waals surface area contributed by atoms with Crippen LogP contribution in [-0.4, -0.2) is 39.1 Å². The van der Waals surface area contributed by atoms with Gasteiger partial charge in [0.15, 0.2) is 16.7 Å². The SMILES string of the molecule is COc1cc([C@@H]2[C@H](c3ccccn3)N=C3S[C@H](C)CN32)ccc1O. The van der Waals surface area contributed by atoms with Gasteiger partial charge in [-0.15, -0.1) is 0 Å². The molecule has 0 spiro atoms. The van der Waals surface area contributed by atoms with E-state index in [4.69, 9.17) is 9.73 Å². The van der Waals surface area contributed by atoms with E-state index in [0.29, 0.717) is 11.0 Å². The highest BCUT2D eigenvalue weighted by Gasteiger charge is 2.43. The first-order chi connectivity index (χ1) is 11.7. The van der Waals surface area contributed by atoms with Crippen LogP contribution in [0.5, 0.6) is 11.5 Å². The first-order valence-electron chi connectivity index (χ1n) is 7.96. The fourth-order valence-electron chi connectivity index (χ4n) is 3.36. The molecule has 1 fully saturated rings. The average molecular weight is 341 g/mol. The van der Waals surface area contributed by atoms with Crippen LogP contribution in [0.2, 0.25) is 0 Å². The summed E-state index contributed by atoms with van der Waals surface area (Å²) < 4.78 is 5.29. The maximum Gasteiger partial charge on any atom is 0.160 e. The van der Waals surface area contributed by atoms with Crippen LogP contribution in [-0.2, 0) is 0 Å². The van der Waals surface area contributed by atoms with Crippen LogP contribution in [0.15, 0.2) is 47.6 Å².